The molecular formula is C26H32Cl2N4. The molecule has 0 spiro atoms. The van der Waals surface area contributed by atoms with Crippen molar-refractivity contribution in [2.45, 2.75) is 24.4 Å². The van der Waals surface area contributed by atoms with Crippen LogP contribution in [0.15, 0.2) is 72.3 Å². The van der Waals surface area contributed by atoms with E-state index in [-0.39, 0.29) is 17.9 Å². The zero-order valence-corrected chi connectivity index (χ0v) is 20.2. The van der Waals surface area contributed by atoms with Crippen LogP contribution < -0.4 is 15.1 Å². The van der Waals surface area contributed by atoms with Gasteiger partial charge < -0.3 is 15.1 Å². The zero-order chi connectivity index (χ0) is 21.2. The molecule has 0 bridgehead atoms. The lowest BCUT2D eigenvalue weighted by Gasteiger charge is -2.37. The number of allylic oxidation sites excluding steroid dienone is 2. The summed E-state index contributed by atoms with van der Waals surface area (Å²) in [6.07, 6.45) is 6.86. The van der Waals surface area contributed by atoms with Gasteiger partial charge >= 0.3 is 0 Å². The molecule has 2 aromatic carbocycles. The summed E-state index contributed by atoms with van der Waals surface area (Å²) in [4.78, 5) is 7.35. The predicted molar refractivity (Wildman–Crippen MR) is 139 cm³/mol. The van der Waals surface area contributed by atoms with Crippen LogP contribution in [0.1, 0.15) is 18.4 Å². The van der Waals surface area contributed by atoms with Crippen molar-refractivity contribution >= 4 is 41.1 Å². The maximum atomic E-state index is 6.73. The van der Waals surface area contributed by atoms with Gasteiger partial charge in [0, 0.05) is 49.3 Å². The summed E-state index contributed by atoms with van der Waals surface area (Å²) in [6, 6.07) is 20.1. The Balaban J connectivity index is 0.00000245. The summed E-state index contributed by atoms with van der Waals surface area (Å²) >= 11 is 6.73. The Kier molecular flexibility index (Phi) is 7.34. The van der Waals surface area contributed by atoms with Crippen LogP contribution in [0.3, 0.4) is 0 Å². The highest BCUT2D eigenvalue weighted by Gasteiger charge is 2.30. The third-order valence-electron chi connectivity index (χ3n) is 6.87. The fourth-order valence-corrected chi connectivity index (χ4v) is 5.37. The third kappa shape index (κ3) is 4.78. The number of likely N-dealkylation sites (tertiary alicyclic amines) is 1. The van der Waals surface area contributed by atoms with Gasteiger partial charge in [0.15, 0.2) is 0 Å². The number of piperazine rings is 1. The lowest BCUT2D eigenvalue weighted by molar-refractivity contribution is 0.338. The molecule has 2 atom stereocenters. The summed E-state index contributed by atoms with van der Waals surface area (Å²) in [7, 11) is 2.19. The molecular weight excluding hydrogens is 439 g/mol. The highest BCUT2D eigenvalue weighted by Crippen LogP contribution is 2.31. The molecule has 170 valence electrons. The Hall–Kier alpha value is -2.14. The van der Waals surface area contributed by atoms with Crippen molar-refractivity contribution < 1.29 is 0 Å². The van der Waals surface area contributed by atoms with Crippen LogP contribution in [0.2, 0.25) is 0 Å². The molecule has 0 saturated carbocycles. The Morgan fingerprint density at radius 2 is 1.44 bits per heavy atom. The number of halogens is 2. The Morgan fingerprint density at radius 1 is 0.812 bits per heavy atom. The van der Waals surface area contributed by atoms with Gasteiger partial charge in [-0.2, -0.15) is 0 Å². The molecule has 0 aromatic heterocycles. The number of hydrogen-bond acceptors (Lipinski definition) is 4. The van der Waals surface area contributed by atoms with Gasteiger partial charge in [-0.3, -0.25) is 4.90 Å². The molecule has 2 aromatic rings. The molecule has 3 aliphatic rings. The van der Waals surface area contributed by atoms with Gasteiger partial charge in [-0.25, -0.2) is 0 Å². The maximum absolute atomic E-state index is 6.73. The minimum atomic E-state index is -0.142. The molecule has 0 aliphatic carbocycles. The minimum absolute atomic E-state index is 0. The number of benzene rings is 2. The third-order valence-corrected chi connectivity index (χ3v) is 7.23. The number of dihydropyridines is 1. The van der Waals surface area contributed by atoms with E-state index >= 15 is 0 Å². The first-order valence-corrected chi connectivity index (χ1v) is 11.8. The number of likely N-dealkylation sites (N-methyl/N-ethyl adjacent to an activating group) is 1. The van der Waals surface area contributed by atoms with E-state index in [0.29, 0.717) is 6.04 Å². The van der Waals surface area contributed by atoms with Crippen molar-refractivity contribution in [1.29, 1.82) is 0 Å². The minimum Gasteiger partial charge on any atom is -0.368 e. The quantitative estimate of drug-likeness (QED) is 0.503. The SMILES string of the molecule is CN1CCC[C@H]1C1=CC=C(c2ccc(N3CCN(c4ccccc4)CC3)cc2)NC1Cl.Cl. The van der Waals surface area contributed by atoms with Crippen molar-refractivity contribution in [3.63, 3.8) is 0 Å². The number of nitrogens with one attached hydrogen (secondary N) is 1. The second kappa shape index (κ2) is 10.2. The molecule has 3 heterocycles. The van der Waals surface area contributed by atoms with Crippen LogP contribution in [0, 0.1) is 0 Å². The van der Waals surface area contributed by atoms with Crippen LogP contribution in [0.5, 0.6) is 0 Å². The first kappa shape index (κ1) is 23.0. The van der Waals surface area contributed by atoms with Gasteiger partial charge in [0.05, 0.1) is 0 Å². The fraction of sp³-hybridized carbons (Fsp3) is 0.385. The maximum Gasteiger partial charge on any atom is 0.125 e. The molecule has 4 nitrogen and oxygen atoms in total. The largest absolute Gasteiger partial charge is 0.368 e. The summed E-state index contributed by atoms with van der Waals surface area (Å²) in [6.45, 7) is 5.34. The van der Waals surface area contributed by atoms with Crippen LogP contribution in [-0.4, -0.2) is 56.2 Å². The van der Waals surface area contributed by atoms with Crippen molar-refractivity contribution in [1.82, 2.24) is 10.2 Å². The number of anilines is 2. The van der Waals surface area contributed by atoms with Crippen molar-refractivity contribution in [3.8, 4) is 0 Å². The van der Waals surface area contributed by atoms with E-state index in [1.807, 2.05) is 0 Å². The first-order chi connectivity index (χ1) is 15.2. The number of alkyl halides is 1. The van der Waals surface area contributed by atoms with Crippen molar-refractivity contribution in [2.24, 2.45) is 0 Å². The number of para-hydroxylation sites is 1. The smallest absolute Gasteiger partial charge is 0.125 e. The van der Waals surface area contributed by atoms with Gasteiger partial charge in [0.2, 0.25) is 0 Å². The van der Waals surface area contributed by atoms with E-state index in [1.165, 1.54) is 35.4 Å². The molecule has 1 N–H and O–H groups in total. The number of rotatable bonds is 4. The highest BCUT2D eigenvalue weighted by atomic mass is 35.5. The van der Waals surface area contributed by atoms with Crippen molar-refractivity contribution in [2.75, 3.05) is 49.6 Å². The van der Waals surface area contributed by atoms with Gasteiger partial charge in [0.25, 0.3) is 0 Å². The van der Waals surface area contributed by atoms with Crippen LogP contribution in [0.4, 0.5) is 11.4 Å². The van der Waals surface area contributed by atoms with Gasteiger partial charge in [0.1, 0.15) is 5.50 Å². The lowest BCUT2D eigenvalue weighted by Crippen LogP contribution is -2.46. The first-order valence-electron chi connectivity index (χ1n) is 11.4. The van der Waals surface area contributed by atoms with E-state index in [2.05, 4.69) is 93.8 Å². The van der Waals surface area contributed by atoms with Gasteiger partial charge in [-0.15, -0.1) is 12.4 Å². The molecule has 2 saturated heterocycles. The van der Waals surface area contributed by atoms with E-state index < -0.39 is 0 Å². The van der Waals surface area contributed by atoms with Crippen LogP contribution >= 0.6 is 24.0 Å². The van der Waals surface area contributed by atoms with Crippen LogP contribution in [-0.2, 0) is 0 Å². The normalized spacial score (nSPS) is 23.8. The molecule has 0 amide bonds. The fourth-order valence-electron chi connectivity index (χ4n) is 5.04. The molecule has 1 unspecified atom stereocenters. The summed E-state index contributed by atoms with van der Waals surface area (Å²) in [5.74, 6) is 0. The summed E-state index contributed by atoms with van der Waals surface area (Å²) in [5.41, 5.74) is 6.05. The topological polar surface area (TPSA) is 21.8 Å². The van der Waals surface area contributed by atoms with Gasteiger partial charge in [-0.1, -0.05) is 48.0 Å². The molecule has 6 heteroatoms. The molecule has 3 aliphatic heterocycles. The van der Waals surface area contributed by atoms with Crippen LogP contribution in [0.25, 0.3) is 5.70 Å². The standard InChI is InChI=1S/C26H31ClN4.ClH/c1-29-15-5-8-25(29)23-13-14-24(28-26(23)27)20-9-11-22(12-10-20)31-18-16-30(17-19-31)21-6-3-2-4-7-21;/h2-4,6-7,9-14,25-26,28H,5,8,15-19H2,1H3;1H/t25-,26?;/m0./s1. The average Bonchev–Trinajstić information content (AvgIpc) is 3.25. The highest BCUT2D eigenvalue weighted by molar-refractivity contribution is 6.23. The van der Waals surface area contributed by atoms with E-state index in [4.69, 9.17) is 11.6 Å². The number of hydrogen-bond donors (Lipinski definition) is 1. The van der Waals surface area contributed by atoms with E-state index in [0.717, 1.165) is 38.4 Å². The molecule has 5 rings (SSSR count). The monoisotopic (exact) mass is 470 g/mol. The van der Waals surface area contributed by atoms with E-state index in [1.54, 1.807) is 0 Å². The Bertz CT molecular complexity index is 950. The van der Waals surface area contributed by atoms with E-state index in [9.17, 15) is 0 Å². The summed E-state index contributed by atoms with van der Waals surface area (Å²) in [5, 5.41) is 3.51. The second-order valence-electron chi connectivity index (χ2n) is 8.75. The zero-order valence-electron chi connectivity index (χ0n) is 18.6. The predicted octanol–water partition coefficient (Wildman–Crippen LogP) is 4.96. The second-order valence-corrected chi connectivity index (χ2v) is 9.19. The molecule has 2 fully saturated rings. The van der Waals surface area contributed by atoms with Crippen molar-refractivity contribution in [3.05, 3.63) is 77.9 Å². The number of nitrogens with zero attached hydrogens (tertiary/aromatic N) is 3. The lowest BCUT2D eigenvalue weighted by atomic mass is 9.99. The molecule has 0 radical (unpaired) electrons. The Morgan fingerprint density at radius 3 is 2.00 bits per heavy atom. The van der Waals surface area contributed by atoms with Gasteiger partial charge in [-0.05, 0) is 67.9 Å². The average molecular weight is 471 g/mol. The summed E-state index contributed by atoms with van der Waals surface area (Å²) < 4.78 is 0. The molecule has 32 heavy (non-hydrogen) atoms. The Labute approximate surface area is 202 Å².